The van der Waals surface area contributed by atoms with E-state index in [1.54, 1.807) is 0 Å². The molecule has 1 heterocycles. The first-order valence-electron chi connectivity index (χ1n) is 14.6. The molecule has 0 bridgehead atoms. The van der Waals surface area contributed by atoms with Crippen LogP contribution in [0.1, 0.15) is 58.3 Å². The Kier molecular flexibility index (Phi) is 9.46. The van der Waals surface area contributed by atoms with Gasteiger partial charge in [0.15, 0.2) is 17.9 Å². The molecule has 3 aliphatic rings. The summed E-state index contributed by atoms with van der Waals surface area (Å²) >= 11 is 0. The second-order valence-corrected chi connectivity index (χ2v) is 12.0. The molecule has 5 rings (SSSR count). The smallest absolute Gasteiger partial charge is 0.432 e. The third-order valence-electron chi connectivity index (χ3n) is 8.92. The molecule has 12 heteroatoms. The summed E-state index contributed by atoms with van der Waals surface area (Å²) in [5, 5.41) is 0. The molecule has 0 amide bonds. The van der Waals surface area contributed by atoms with E-state index >= 15 is 8.78 Å². The van der Waals surface area contributed by atoms with Gasteiger partial charge < -0.3 is 18.9 Å². The minimum Gasteiger partial charge on any atom is -0.432 e. The average molecular weight is 623 g/mol. The Bertz CT molecular complexity index is 1220. The molecule has 1 saturated heterocycles. The van der Waals surface area contributed by atoms with Crippen molar-refractivity contribution >= 4 is 0 Å². The highest BCUT2D eigenvalue weighted by atomic mass is 19.4. The molecular formula is C31H34F8O4. The molecule has 0 N–H and O–H groups in total. The minimum atomic E-state index is -5.17. The van der Waals surface area contributed by atoms with Crippen LogP contribution in [-0.4, -0.2) is 32.0 Å². The van der Waals surface area contributed by atoms with Gasteiger partial charge in [0.1, 0.15) is 17.4 Å². The summed E-state index contributed by atoms with van der Waals surface area (Å²) in [6.45, 7) is 3.48. The van der Waals surface area contributed by atoms with E-state index in [-0.39, 0.29) is 19.1 Å². The largest absolute Gasteiger partial charge is 0.573 e. The zero-order valence-electron chi connectivity index (χ0n) is 23.6. The molecule has 0 aromatic heterocycles. The number of halogens is 8. The maximum atomic E-state index is 15.1. The predicted molar refractivity (Wildman–Crippen MR) is 140 cm³/mol. The molecule has 0 spiro atoms. The highest BCUT2D eigenvalue weighted by Crippen LogP contribution is 2.46. The first-order valence-corrected chi connectivity index (χ1v) is 14.6. The average Bonchev–Trinajstić information content (AvgIpc) is 2.94. The number of rotatable bonds is 7. The Morgan fingerprint density at radius 1 is 0.674 bits per heavy atom. The van der Waals surface area contributed by atoms with Crippen LogP contribution in [0.25, 0.3) is 11.1 Å². The van der Waals surface area contributed by atoms with Gasteiger partial charge in [0.2, 0.25) is 0 Å². The Balaban J connectivity index is 1.15. The van der Waals surface area contributed by atoms with Gasteiger partial charge >= 0.3 is 12.5 Å². The van der Waals surface area contributed by atoms with Crippen LogP contribution in [-0.2, 0) is 9.47 Å². The lowest BCUT2D eigenvalue weighted by Gasteiger charge is -2.41. The van der Waals surface area contributed by atoms with Gasteiger partial charge in [-0.05, 0) is 80.9 Å². The van der Waals surface area contributed by atoms with E-state index in [4.69, 9.17) is 14.2 Å². The van der Waals surface area contributed by atoms with Crippen molar-refractivity contribution in [2.24, 2.45) is 29.6 Å². The molecule has 3 fully saturated rings. The van der Waals surface area contributed by atoms with Crippen LogP contribution in [0.3, 0.4) is 0 Å². The molecular weight excluding hydrogens is 588 g/mol. The van der Waals surface area contributed by atoms with Gasteiger partial charge in [-0.25, -0.2) is 13.2 Å². The number of benzene rings is 2. The van der Waals surface area contributed by atoms with Crippen LogP contribution in [0.2, 0.25) is 0 Å². The van der Waals surface area contributed by atoms with Crippen molar-refractivity contribution in [3.05, 3.63) is 47.8 Å². The minimum absolute atomic E-state index is 0.160. The Hall–Kier alpha value is -2.60. The number of hydrogen-bond acceptors (Lipinski definition) is 4. The van der Waals surface area contributed by atoms with E-state index in [0.29, 0.717) is 74.0 Å². The van der Waals surface area contributed by atoms with Crippen LogP contribution in [0.5, 0.6) is 11.5 Å². The molecule has 0 radical (unpaired) electrons. The molecule has 2 aromatic carbocycles. The monoisotopic (exact) mass is 622 g/mol. The van der Waals surface area contributed by atoms with Crippen LogP contribution in [0, 0.1) is 47.0 Å². The highest BCUT2D eigenvalue weighted by molar-refractivity contribution is 5.66. The number of ether oxygens (including phenoxy) is 4. The summed E-state index contributed by atoms with van der Waals surface area (Å²) in [5.74, 6) is -5.73. The molecule has 2 aliphatic carbocycles. The van der Waals surface area contributed by atoms with E-state index in [1.165, 1.54) is 0 Å². The third kappa shape index (κ3) is 7.74. The second-order valence-electron chi connectivity index (χ2n) is 12.0. The standard InChI is InChI=1S/C31H34F8O4/c1-17-15-40-29(41-16-17)20-4-2-18(3-5-20)19-6-9-22(10-7-19)30(35,36)42-23-13-25(33)28(26(34)14-23)21-8-11-27(24(32)12-21)43-31(37,38)39/h8,11-14,17-20,22,29H,2-7,9-10,15-16H2,1H3. The summed E-state index contributed by atoms with van der Waals surface area (Å²) < 4.78 is 131. The zero-order valence-corrected chi connectivity index (χ0v) is 23.6. The van der Waals surface area contributed by atoms with Gasteiger partial charge in [0, 0.05) is 24.0 Å². The van der Waals surface area contributed by atoms with Crippen LogP contribution >= 0.6 is 0 Å². The van der Waals surface area contributed by atoms with Crippen molar-refractivity contribution in [1.82, 2.24) is 0 Å². The Morgan fingerprint density at radius 2 is 1.21 bits per heavy atom. The van der Waals surface area contributed by atoms with Crippen molar-refractivity contribution in [3.63, 3.8) is 0 Å². The topological polar surface area (TPSA) is 36.9 Å². The lowest BCUT2D eigenvalue weighted by Crippen LogP contribution is -2.40. The fourth-order valence-corrected chi connectivity index (χ4v) is 6.69. The first kappa shape index (κ1) is 31.8. The van der Waals surface area contributed by atoms with Crippen molar-refractivity contribution in [2.75, 3.05) is 13.2 Å². The maximum absolute atomic E-state index is 15.1. The Morgan fingerprint density at radius 3 is 1.74 bits per heavy atom. The van der Waals surface area contributed by atoms with E-state index in [9.17, 15) is 26.3 Å². The number of alkyl halides is 5. The van der Waals surface area contributed by atoms with Crippen LogP contribution in [0.15, 0.2) is 30.3 Å². The van der Waals surface area contributed by atoms with Gasteiger partial charge in [-0.1, -0.05) is 13.0 Å². The van der Waals surface area contributed by atoms with Gasteiger partial charge in [0.05, 0.1) is 24.7 Å². The lowest BCUT2D eigenvalue weighted by atomic mass is 9.69. The summed E-state index contributed by atoms with van der Waals surface area (Å²) in [6.07, 6.45) is -3.43. The quantitative estimate of drug-likeness (QED) is 0.289. The normalized spacial score (nSPS) is 28.9. The van der Waals surface area contributed by atoms with E-state index in [2.05, 4.69) is 11.7 Å². The summed E-state index contributed by atoms with van der Waals surface area (Å²) in [4.78, 5) is 0. The molecule has 0 atom stereocenters. The molecule has 4 nitrogen and oxygen atoms in total. The van der Waals surface area contributed by atoms with Crippen LogP contribution in [0.4, 0.5) is 35.1 Å². The first-order chi connectivity index (χ1) is 20.3. The van der Waals surface area contributed by atoms with Crippen molar-refractivity contribution in [2.45, 2.75) is 77.1 Å². The molecule has 1 aliphatic heterocycles. The van der Waals surface area contributed by atoms with Gasteiger partial charge in [-0.15, -0.1) is 13.2 Å². The Labute approximate surface area is 244 Å². The SMILES string of the molecule is CC1COC(C2CCC(C3CCC(C(F)(F)Oc4cc(F)c(-c5ccc(OC(F)(F)F)c(F)c5)c(F)c4)CC3)CC2)OC1. The van der Waals surface area contributed by atoms with Crippen LogP contribution < -0.4 is 9.47 Å². The summed E-state index contributed by atoms with van der Waals surface area (Å²) in [7, 11) is 0. The van der Waals surface area contributed by atoms with E-state index in [1.807, 2.05) is 0 Å². The molecule has 2 aromatic rings. The van der Waals surface area contributed by atoms with Crippen molar-refractivity contribution in [1.29, 1.82) is 0 Å². The maximum Gasteiger partial charge on any atom is 0.573 e. The fourth-order valence-electron chi connectivity index (χ4n) is 6.69. The molecule has 43 heavy (non-hydrogen) atoms. The molecule has 0 unspecified atom stereocenters. The second kappa shape index (κ2) is 12.8. The predicted octanol–water partition coefficient (Wildman–Crippen LogP) is 9.26. The van der Waals surface area contributed by atoms with Gasteiger partial charge in [-0.3, -0.25) is 0 Å². The highest BCUT2D eigenvalue weighted by Gasteiger charge is 2.45. The van der Waals surface area contributed by atoms with Crippen molar-refractivity contribution in [3.8, 4) is 22.6 Å². The van der Waals surface area contributed by atoms with Gasteiger partial charge in [0.25, 0.3) is 0 Å². The lowest BCUT2D eigenvalue weighted by molar-refractivity contribution is -0.275. The number of hydrogen-bond donors (Lipinski definition) is 0. The van der Waals surface area contributed by atoms with Crippen molar-refractivity contribution < 1.29 is 54.1 Å². The fraction of sp³-hybridized carbons (Fsp3) is 0.613. The van der Waals surface area contributed by atoms with Gasteiger partial charge in [-0.2, -0.15) is 8.78 Å². The third-order valence-corrected chi connectivity index (χ3v) is 8.92. The summed E-state index contributed by atoms with van der Waals surface area (Å²) in [5.41, 5.74) is -1.25. The molecule has 2 saturated carbocycles. The summed E-state index contributed by atoms with van der Waals surface area (Å²) in [6, 6.07) is 2.95. The van der Waals surface area contributed by atoms with E-state index < -0.39 is 58.5 Å². The van der Waals surface area contributed by atoms with E-state index in [0.717, 1.165) is 31.7 Å². The molecule has 238 valence electrons. The zero-order chi connectivity index (χ0) is 30.9.